The van der Waals surface area contributed by atoms with Crippen LogP contribution in [0.5, 0.6) is 0 Å². The minimum Gasteiger partial charge on any atom is -0.370 e. The van der Waals surface area contributed by atoms with Gasteiger partial charge in [-0.2, -0.15) is 11.8 Å². The second-order valence-corrected chi connectivity index (χ2v) is 9.97. The lowest BCUT2D eigenvalue weighted by Gasteiger charge is -2.33. The summed E-state index contributed by atoms with van der Waals surface area (Å²) in [4.78, 5) is 9.83. The summed E-state index contributed by atoms with van der Waals surface area (Å²) in [5.74, 6) is 3.40. The molecule has 4 rings (SSSR count). The van der Waals surface area contributed by atoms with Crippen molar-refractivity contribution in [1.82, 2.24) is 10.6 Å². The number of nitrogens with one attached hydrogen (secondary N) is 2. The topological polar surface area (TPSA) is 42.9 Å². The van der Waals surface area contributed by atoms with E-state index in [9.17, 15) is 0 Å². The quantitative estimate of drug-likeness (QED) is 0.301. The predicted octanol–water partition coefficient (Wildman–Crippen LogP) is 4.64. The number of thiophene rings is 1. The van der Waals surface area contributed by atoms with E-state index in [1.54, 1.807) is 0 Å². The van der Waals surface area contributed by atoms with Crippen LogP contribution in [0.1, 0.15) is 25.3 Å². The van der Waals surface area contributed by atoms with Crippen LogP contribution in [0.2, 0.25) is 0 Å². The molecule has 1 aromatic carbocycles. The molecule has 0 aliphatic carbocycles. The second kappa shape index (κ2) is 12.8. The molecule has 2 aromatic rings. The Kier molecular flexibility index (Phi) is 10.1. The highest BCUT2D eigenvalue weighted by Crippen LogP contribution is 2.25. The lowest BCUT2D eigenvalue weighted by atomic mass is 10.1. The standard InChI is InChI=1S/C23H33N5S2.HI/c1-2-24-23(26-20-9-11-28(12-10-20)22-4-3-15-30-22)25-18-19-5-7-21(8-6-19)27-13-16-29-17-14-27;/h3-8,15,20H,2,9-14,16-18H2,1H3,(H2,24,25,26);1H. The van der Waals surface area contributed by atoms with Gasteiger partial charge in [-0.15, -0.1) is 35.3 Å². The van der Waals surface area contributed by atoms with E-state index in [4.69, 9.17) is 4.99 Å². The minimum atomic E-state index is 0. The second-order valence-electron chi connectivity index (χ2n) is 7.82. The molecule has 0 atom stereocenters. The van der Waals surface area contributed by atoms with Crippen LogP contribution in [0.15, 0.2) is 46.8 Å². The summed E-state index contributed by atoms with van der Waals surface area (Å²) in [5, 5.41) is 10.6. The molecule has 0 saturated carbocycles. The molecule has 2 aliphatic heterocycles. The van der Waals surface area contributed by atoms with Gasteiger partial charge in [0.15, 0.2) is 5.96 Å². The van der Waals surface area contributed by atoms with E-state index in [-0.39, 0.29) is 24.0 Å². The maximum absolute atomic E-state index is 4.85. The first kappa shape index (κ1) is 24.5. The summed E-state index contributed by atoms with van der Waals surface area (Å²) in [7, 11) is 0. The van der Waals surface area contributed by atoms with E-state index in [0.29, 0.717) is 12.6 Å². The fraction of sp³-hybridized carbons (Fsp3) is 0.522. The number of nitrogens with zero attached hydrogens (tertiary/aromatic N) is 3. The first-order valence-electron chi connectivity index (χ1n) is 11.1. The van der Waals surface area contributed by atoms with Crippen LogP contribution in [-0.2, 0) is 6.54 Å². The molecule has 0 amide bonds. The summed E-state index contributed by atoms with van der Waals surface area (Å²) in [6.45, 7) is 8.24. The molecule has 0 radical (unpaired) electrons. The first-order chi connectivity index (χ1) is 14.8. The van der Waals surface area contributed by atoms with Crippen molar-refractivity contribution in [3.63, 3.8) is 0 Å². The zero-order valence-corrected chi connectivity index (χ0v) is 22.2. The maximum atomic E-state index is 4.85. The van der Waals surface area contributed by atoms with Crippen LogP contribution in [0.3, 0.4) is 0 Å². The van der Waals surface area contributed by atoms with Crippen molar-refractivity contribution in [1.29, 1.82) is 0 Å². The molecule has 5 nitrogen and oxygen atoms in total. The van der Waals surface area contributed by atoms with E-state index in [0.717, 1.165) is 51.5 Å². The van der Waals surface area contributed by atoms with Crippen LogP contribution < -0.4 is 20.4 Å². The Morgan fingerprint density at radius 1 is 1.03 bits per heavy atom. The van der Waals surface area contributed by atoms with Gasteiger partial charge >= 0.3 is 0 Å². The van der Waals surface area contributed by atoms with Crippen LogP contribution in [-0.4, -0.2) is 56.2 Å². The number of anilines is 2. The molecule has 1 aromatic heterocycles. The van der Waals surface area contributed by atoms with Gasteiger partial charge in [-0.1, -0.05) is 12.1 Å². The fourth-order valence-corrected chi connectivity index (χ4v) is 5.70. The highest BCUT2D eigenvalue weighted by Gasteiger charge is 2.20. The van der Waals surface area contributed by atoms with Crippen LogP contribution in [0, 0.1) is 0 Å². The van der Waals surface area contributed by atoms with Gasteiger partial charge in [0.25, 0.3) is 0 Å². The molecule has 31 heavy (non-hydrogen) atoms. The van der Waals surface area contributed by atoms with E-state index in [2.05, 4.69) is 80.9 Å². The number of aliphatic imine (C=N–C) groups is 1. The molecule has 3 heterocycles. The molecule has 0 bridgehead atoms. The van der Waals surface area contributed by atoms with Crippen LogP contribution >= 0.6 is 47.1 Å². The number of halogens is 1. The van der Waals surface area contributed by atoms with Crippen molar-refractivity contribution >= 4 is 63.7 Å². The Bertz CT molecular complexity index is 783. The number of guanidine groups is 1. The molecule has 2 saturated heterocycles. The Balaban J connectivity index is 0.00000272. The molecule has 0 unspecified atom stereocenters. The van der Waals surface area contributed by atoms with E-state index < -0.39 is 0 Å². The third-order valence-corrected chi connectivity index (χ3v) is 7.60. The van der Waals surface area contributed by atoms with Crippen molar-refractivity contribution < 1.29 is 0 Å². The number of rotatable bonds is 6. The van der Waals surface area contributed by atoms with Crippen molar-refractivity contribution in [2.24, 2.45) is 4.99 Å². The van der Waals surface area contributed by atoms with Gasteiger partial charge in [0.1, 0.15) is 0 Å². The molecule has 0 spiro atoms. The van der Waals surface area contributed by atoms with Crippen LogP contribution in [0.4, 0.5) is 10.7 Å². The Labute approximate surface area is 212 Å². The van der Waals surface area contributed by atoms with Crippen molar-refractivity contribution in [3.05, 3.63) is 47.3 Å². The maximum Gasteiger partial charge on any atom is 0.191 e. The highest BCUT2D eigenvalue weighted by molar-refractivity contribution is 14.0. The number of benzene rings is 1. The van der Waals surface area contributed by atoms with Gasteiger partial charge in [0.2, 0.25) is 0 Å². The smallest absolute Gasteiger partial charge is 0.191 e. The van der Waals surface area contributed by atoms with Gasteiger partial charge in [0, 0.05) is 56.0 Å². The van der Waals surface area contributed by atoms with E-state index in [1.165, 1.54) is 27.8 Å². The molecule has 2 N–H and O–H groups in total. The molecular formula is C23H34IN5S2. The average molecular weight is 572 g/mol. The molecule has 170 valence electrons. The summed E-state index contributed by atoms with van der Waals surface area (Å²) in [6, 6.07) is 13.8. The number of thioether (sulfide) groups is 1. The SMILES string of the molecule is CCNC(=NCc1ccc(N2CCSCC2)cc1)NC1CCN(c2cccs2)CC1.I. The molecule has 2 fully saturated rings. The number of hydrogen-bond acceptors (Lipinski definition) is 5. The summed E-state index contributed by atoms with van der Waals surface area (Å²) < 4.78 is 0. The first-order valence-corrected chi connectivity index (χ1v) is 13.1. The third kappa shape index (κ3) is 7.18. The van der Waals surface area contributed by atoms with Crippen molar-refractivity contribution in [3.8, 4) is 0 Å². The van der Waals surface area contributed by atoms with Crippen molar-refractivity contribution in [2.45, 2.75) is 32.4 Å². The Morgan fingerprint density at radius 3 is 2.42 bits per heavy atom. The third-order valence-electron chi connectivity index (χ3n) is 5.73. The largest absolute Gasteiger partial charge is 0.370 e. The van der Waals surface area contributed by atoms with Gasteiger partial charge in [-0.3, -0.25) is 0 Å². The van der Waals surface area contributed by atoms with E-state index in [1.807, 2.05) is 11.3 Å². The van der Waals surface area contributed by atoms with Gasteiger partial charge in [-0.25, -0.2) is 4.99 Å². The predicted molar refractivity (Wildman–Crippen MR) is 149 cm³/mol. The lowest BCUT2D eigenvalue weighted by Crippen LogP contribution is -2.48. The minimum absolute atomic E-state index is 0. The van der Waals surface area contributed by atoms with Gasteiger partial charge in [-0.05, 0) is 55.0 Å². The summed E-state index contributed by atoms with van der Waals surface area (Å²) in [5.41, 5.74) is 2.60. The Morgan fingerprint density at radius 2 is 1.77 bits per heavy atom. The summed E-state index contributed by atoms with van der Waals surface area (Å²) >= 11 is 3.88. The number of hydrogen-bond donors (Lipinski definition) is 2. The van der Waals surface area contributed by atoms with Gasteiger partial charge < -0.3 is 20.4 Å². The molecule has 8 heteroatoms. The van der Waals surface area contributed by atoms with Crippen LogP contribution in [0.25, 0.3) is 0 Å². The Hall–Kier alpha value is -1.13. The average Bonchev–Trinajstić information content (AvgIpc) is 3.34. The summed E-state index contributed by atoms with van der Waals surface area (Å²) in [6.07, 6.45) is 2.29. The fourth-order valence-electron chi connectivity index (χ4n) is 4.01. The van der Waals surface area contributed by atoms with E-state index >= 15 is 0 Å². The zero-order valence-electron chi connectivity index (χ0n) is 18.3. The monoisotopic (exact) mass is 571 g/mol. The molecular weight excluding hydrogens is 537 g/mol. The molecule has 2 aliphatic rings. The van der Waals surface area contributed by atoms with Crippen molar-refractivity contribution in [2.75, 3.05) is 54.0 Å². The normalized spacial score (nSPS) is 17.9. The number of piperidine rings is 1. The highest BCUT2D eigenvalue weighted by atomic mass is 127. The zero-order chi connectivity index (χ0) is 20.6. The van der Waals surface area contributed by atoms with Gasteiger partial charge in [0.05, 0.1) is 11.5 Å². The lowest BCUT2D eigenvalue weighted by molar-refractivity contribution is 0.463.